The number of aromatic nitrogens is 3. The van der Waals surface area contributed by atoms with Crippen molar-refractivity contribution in [2.75, 3.05) is 0 Å². The predicted octanol–water partition coefficient (Wildman–Crippen LogP) is 4.77. The van der Waals surface area contributed by atoms with E-state index in [0.717, 1.165) is 29.3 Å². The van der Waals surface area contributed by atoms with Crippen LogP contribution in [-0.4, -0.2) is 20.5 Å². The number of fused-ring (bicyclic) bond motifs is 1. The van der Waals surface area contributed by atoms with Gasteiger partial charge in [0, 0.05) is 37.7 Å². The molecule has 4 heteroatoms. The molecule has 2 heterocycles. The normalized spacial score (nSPS) is 11.0. The fraction of sp³-hybridized carbons (Fsp3) is 0.208. The maximum Gasteiger partial charge on any atom is 0.137 e. The second-order valence-electron chi connectivity index (χ2n) is 7.17. The van der Waals surface area contributed by atoms with Crippen LogP contribution in [0.1, 0.15) is 24.0 Å². The van der Waals surface area contributed by atoms with E-state index in [1.54, 1.807) is 12.4 Å². The van der Waals surface area contributed by atoms with Gasteiger partial charge >= 0.3 is 0 Å². The monoisotopic (exact) mass is 369 g/mol. The summed E-state index contributed by atoms with van der Waals surface area (Å²) in [6.07, 6.45) is 8.25. The molecule has 0 bridgehead atoms. The van der Waals surface area contributed by atoms with Gasteiger partial charge in [0.2, 0.25) is 0 Å². The van der Waals surface area contributed by atoms with Crippen LogP contribution in [-0.2, 0) is 24.7 Å². The van der Waals surface area contributed by atoms with Crippen molar-refractivity contribution in [1.29, 1.82) is 0 Å². The van der Waals surface area contributed by atoms with E-state index in [2.05, 4.69) is 52.5 Å². The second-order valence-corrected chi connectivity index (χ2v) is 7.17. The molecule has 0 spiro atoms. The highest BCUT2D eigenvalue weighted by Crippen LogP contribution is 2.24. The molecule has 0 saturated heterocycles. The number of pyridine rings is 1. The summed E-state index contributed by atoms with van der Waals surface area (Å²) in [5, 5.41) is 5.46. The molecular weight excluding hydrogens is 346 g/mol. The minimum absolute atomic E-state index is 0.272. The summed E-state index contributed by atoms with van der Waals surface area (Å²) < 4.78 is 1.90. The molecule has 4 aromatic rings. The van der Waals surface area contributed by atoms with Gasteiger partial charge in [-0.1, -0.05) is 42.5 Å². The third kappa shape index (κ3) is 4.17. The quantitative estimate of drug-likeness (QED) is 0.471. The van der Waals surface area contributed by atoms with Crippen LogP contribution in [0.5, 0.6) is 0 Å². The first kappa shape index (κ1) is 18.1. The minimum Gasteiger partial charge on any atom is -0.299 e. The highest BCUT2D eigenvalue weighted by molar-refractivity contribution is 5.84. The number of Topliss-reactive ketones (excluding diaryl/α,β-unsaturated/α-hetero) is 1. The van der Waals surface area contributed by atoms with Crippen LogP contribution >= 0.6 is 0 Å². The van der Waals surface area contributed by atoms with Crippen molar-refractivity contribution in [3.63, 3.8) is 0 Å². The van der Waals surface area contributed by atoms with Crippen LogP contribution in [0.25, 0.3) is 22.0 Å². The van der Waals surface area contributed by atoms with Crippen molar-refractivity contribution >= 4 is 16.7 Å². The number of benzene rings is 2. The maximum absolute atomic E-state index is 12.1. The standard InChI is InChI=1S/C24H23N3O/c1-27-24-15-21(11-12-22(24)17-26-27)20-9-7-18(8-10-20)4-2-6-23(28)14-19-5-3-13-25-16-19/h3,5,7-13,15-17H,2,4,6,14H2,1H3. The molecular formula is C24H23N3O. The summed E-state index contributed by atoms with van der Waals surface area (Å²) in [4.78, 5) is 16.2. The molecule has 0 radical (unpaired) electrons. The number of carbonyl (C=O) groups excluding carboxylic acids is 1. The van der Waals surface area contributed by atoms with Gasteiger partial charge in [-0.3, -0.25) is 14.5 Å². The van der Waals surface area contributed by atoms with Crippen LogP contribution in [0.15, 0.2) is 73.2 Å². The SMILES string of the molecule is Cn1ncc2ccc(-c3ccc(CCCC(=O)Cc4cccnc4)cc3)cc21. The number of nitrogens with zero attached hydrogens (tertiary/aromatic N) is 3. The first-order chi connectivity index (χ1) is 13.7. The molecule has 28 heavy (non-hydrogen) atoms. The Morgan fingerprint density at radius 1 is 0.964 bits per heavy atom. The number of aryl methyl sites for hydroxylation is 2. The average molecular weight is 369 g/mol. The van der Waals surface area contributed by atoms with Gasteiger partial charge in [0.1, 0.15) is 5.78 Å². The number of hydrogen-bond acceptors (Lipinski definition) is 3. The number of hydrogen-bond donors (Lipinski definition) is 0. The molecule has 2 aromatic heterocycles. The Bertz CT molecular complexity index is 1080. The van der Waals surface area contributed by atoms with Crippen molar-refractivity contribution in [2.24, 2.45) is 7.05 Å². The summed E-state index contributed by atoms with van der Waals surface area (Å²) in [6.45, 7) is 0. The lowest BCUT2D eigenvalue weighted by atomic mass is 9.99. The Hall–Kier alpha value is -3.27. The van der Waals surface area contributed by atoms with Crippen molar-refractivity contribution in [1.82, 2.24) is 14.8 Å². The Kier molecular flexibility index (Phi) is 5.29. The molecule has 0 saturated carbocycles. The molecule has 4 nitrogen and oxygen atoms in total. The van der Waals surface area contributed by atoms with Gasteiger partial charge in [-0.2, -0.15) is 5.10 Å². The molecule has 0 unspecified atom stereocenters. The van der Waals surface area contributed by atoms with E-state index in [0.29, 0.717) is 12.8 Å². The Morgan fingerprint density at radius 3 is 2.57 bits per heavy atom. The van der Waals surface area contributed by atoms with E-state index in [1.807, 2.05) is 30.1 Å². The van der Waals surface area contributed by atoms with E-state index in [9.17, 15) is 4.79 Å². The first-order valence-electron chi connectivity index (χ1n) is 9.61. The van der Waals surface area contributed by atoms with Crippen LogP contribution < -0.4 is 0 Å². The Balaban J connectivity index is 1.34. The fourth-order valence-corrected chi connectivity index (χ4v) is 3.50. The summed E-state index contributed by atoms with van der Waals surface area (Å²) in [5.41, 5.74) is 5.77. The van der Waals surface area contributed by atoms with Crippen LogP contribution in [0.3, 0.4) is 0 Å². The van der Waals surface area contributed by atoms with Gasteiger partial charge in [-0.25, -0.2) is 0 Å². The fourth-order valence-electron chi connectivity index (χ4n) is 3.50. The number of ketones is 1. The van der Waals surface area contributed by atoms with Gasteiger partial charge in [0.15, 0.2) is 0 Å². The average Bonchev–Trinajstić information content (AvgIpc) is 3.09. The summed E-state index contributed by atoms with van der Waals surface area (Å²) in [7, 11) is 1.96. The lowest BCUT2D eigenvalue weighted by molar-refractivity contribution is -0.118. The van der Waals surface area contributed by atoms with E-state index >= 15 is 0 Å². The lowest BCUT2D eigenvalue weighted by Gasteiger charge is -2.06. The van der Waals surface area contributed by atoms with E-state index in [4.69, 9.17) is 0 Å². The van der Waals surface area contributed by atoms with Crippen molar-refractivity contribution in [2.45, 2.75) is 25.7 Å². The molecule has 0 aliphatic heterocycles. The predicted molar refractivity (Wildman–Crippen MR) is 112 cm³/mol. The van der Waals surface area contributed by atoms with E-state index in [-0.39, 0.29) is 5.78 Å². The van der Waals surface area contributed by atoms with Crippen molar-refractivity contribution < 1.29 is 4.79 Å². The largest absolute Gasteiger partial charge is 0.299 e. The molecule has 4 rings (SSSR count). The summed E-state index contributed by atoms with van der Waals surface area (Å²) in [5.74, 6) is 0.272. The maximum atomic E-state index is 12.1. The molecule has 0 atom stereocenters. The van der Waals surface area contributed by atoms with E-state index in [1.165, 1.54) is 16.7 Å². The summed E-state index contributed by atoms with van der Waals surface area (Å²) in [6, 6.07) is 18.9. The third-order valence-electron chi connectivity index (χ3n) is 5.08. The minimum atomic E-state index is 0.272. The van der Waals surface area contributed by atoms with Crippen molar-refractivity contribution in [3.05, 3.63) is 84.3 Å². The number of rotatable bonds is 7. The highest BCUT2D eigenvalue weighted by Gasteiger charge is 2.06. The van der Waals surface area contributed by atoms with Gasteiger partial charge < -0.3 is 0 Å². The van der Waals surface area contributed by atoms with Crippen LogP contribution in [0.4, 0.5) is 0 Å². The molecule has 0 amide bonds. The molecule has 0 fully saturated rings. The summed E-state index contributed by atoms with van der Waals surface area (Å²) >= 11 is 0. The molecule has 0 aliphatic carbocycles. The molecule has 140 valence electrons. The first-order valence-corrected chi connectivity index (χ1v) is 9.61. The zero-order valence-electron chi connectivity index (χ0n) is 16.0. The lowest BCUT2D eigenvalue weighted by Crippen LogP contribution is -2.03. The topological polar surface area (TPSA) is 47.8 Å². The Morgan fingerprint density at radius 2 is 1.79 bits per heavy atom. The Labute approximate surface area is 164 Å². The van der Waals surface area contributed by atoms with E-state index < -0.39 is 0 Å². The van der Waals surface area contributed by atoms with Gasteiger partial charge in [0.25, 0.3) is 0 Å². The van der Waals surface area contributed by atoms with Crippen molar-refractivity contribution in [3.8, 4) is 11.1 Å². The molecule has 2 aromatic carbocycles. The van der Waals surface area contributed by atoms with Crippen LogP contribution in [0, 0.1) is 0 Å². The second kappa shape index (κ2) is 8.17. The van der Waals surface area contributed by atoms with Gasteiger partial charge in [0.05, 0.1) is 11.7 Å². The zero-order valence-corrected chi connectivity index (χ0v) is 16.0. The van der Waals surface area contributed by atoms with Gasteiger partial charge in [-0.05, 0) is 47.2 Å². The number of carbonyl (C=O) groups is 1. The molecule has 0 aliphatic rings. The zero-order chi connectivity index (χ0) is 19.3. The third-order valence-corrected chi connectivity index (χ3v) is 5.08. The highest BCUT2D eigenvalue weighted by atomic mass is 16.1. The smallest absolute Gasteiger partial charge is 0.137 e. The van der Waals surface area contributed by atoms with Gasteiger partial charge in [-0.15, -0.1) is 0 Å². The van der Waals surface area contributed by atoms with Crippen LogP contribution in [0.2, 0.25) is 0 Å². The molecule has 0 N–H and O–H groups in total.